The topological polar surface area (TPSA) is 51.4 Å². The normalized spacial score (nSPS) is 15.9. The molecule has 1 aromatic carbocycles. The van der Waals surface area contributed by atoms with Crippen LogP contribution in [-0.4, -0.2) is 36.5 Å². The molecule has 1 aliphatic heterocycles. The summed E-state index contributed by atoms with van der Waals surface area (Å²) in [6.07, 6.45) is 0. The number of hydrogen-bond acceptors (Lipinski definition) is 5. The second kappa shape index (κ2) is 4.78. The van der Waals surface area contributed by atoms with Crippen LogP contribution < -0.4 is 4.90 Å². The summed E-state index contributed by atoms with van der Waals surface area (Å²) in [5.41, 5.74) is 2.17. The Labute approximate surface area is 105 Å². The van der Waals surface area contributed by atoms with Crippen molar-refractivity contribution in [2.24, 2.45) is 0 Å². The minimum absolute atomic E-state index is 0.566. The van der Waals surface area contributed by atoms with E-state index < -0.39 is 0 Å². The van der Waals surface area contributed by atoms with Gasteiger partial charge in [-0.3, -0.25) is 0 Å². The average Bonchev–Trinajstić information content (AvgIpc) is 2.90. The maximum absolute atomic E-state index is 5.70. The zero-order chi connectivity index (χ0) is 12.4. The molecule has 5 nitrogen and oxygen atoms in total. The molecule has 0 N–H and O–H groups in total. The quantitative estimate of drug-likeness (QED) is 0.808. The second-order valence-corrected chi connectivity index (χ2v) is 4.36. The summed E-state index contributed by atoms with van der Waals surface area (Å²) < 4.78 is 11.0. The van der Waals surface area contributed by atoms with Gasteiger partial charge in [-0.15, -0.1) is 5.10 Å². The first-order valence-electron chi connectivity index (χ1n) is 6.06. The van der Waals surface area contributed by atoms with E-state index in [2.05, 4.69) is 17.1 Å². The number of rotatable bonds is 2. The van der Waals surface area contributed by atoms with Gasteiger partial charge in [0, 0.05) is 18.7 Å². The summed E-state index contributed by atoms with van der Waals surface area (Å²) in [6.45, 7) is 5.08. The van der Waals surface area contributed by atoms with Crippen LogP contribution in [0.2, 0.25) is 0 Å². The average molecular weight is 245 g/mol. The summed E-state index contributed by atoms with van der Waals surface area (Å²) in [5.74, 6) is 0.566. The van der Waals surface area contributed by atoms with Crippen LogP contribution in [0.5, 0.6) is 0 Å². The fourth-order valence-electron chi connectivity index (χ4n) is 1.91. The van der Waals surface area contributed by atoms with Gasteiger partial charge in [0.15, 0.2) is 0 Å². The van der Waals surface area contributed by atoms with Gasteiger partial charge in [-0.2, -0.15) is 0 Å². The maximum atomic E-state index is 5.70. The minimum Gasteiger partial charge on any atom is -0.403 e. The molecule has 0 spiro atoms. The molecule has 2 aromatic rings. The highest BCUT2D eigenvalue weighted by atomic mass is 16.5. The van der Waals surface area contributed by atoms with Crippen molar-refractivity contribution in [3.05, 3.63) is 29.8 Å². The van der Waals surface area contributed by atoms with Crippen LogP contribution in [0.4, 0.5) is 6.01 Å². The third kappa shape index (κ3) is 2.22. The largest absolute Gasteiger partial charge is 0.403 e. The van der Waals surface area contributed by atoms with Crippen LogP contribution >= 0.6 is 0 Å². The molecule has 0 aliphatic carbocycles. The third-order valence-corrected chi connectivity index (χ3v) is 2.99. The van der Waals surface area contributed by atoms with E-state index in [-0.39, 0.29) is 0 Å². The molecule has 0 radical (unpaired) electrons. The monoisotopic (exact) mass is 245 g/mol. The molecule has 1 saturated heterocycles. The molecular formula is C13H15N3O2. The maximum Gasteiger partial charge on any atom is 0.318 e. The number of benzene rings is 1. The van der Waals surface area contributed by atoms with Gasteiger partial charge in [0.25, 0.3) is 0 Å². The van der Waals surface area contributed by atoms with Crippen molar-refractivity contribution in [2.75, 3.05) is 31.2 Å². The summed E-state index contributed by atoms with van der Waals surface area (Å²) >= 11 is 0. The third-order valence-electron chi connectivity index (χ3n) is 2.99. The first-order chi connectivity index (χ1) is 8.83. The van der Waals surface area contributed by atoms with Gasteiger partial charge in [-0.1, -0.05) is 22.8 Å². The predicted molar refractivity (Wildman–Crippen MR) is 67.5 cm³/mol. The lowest BCUT2D eigenvalue weighted by Gasteiger charge is -2.24. The van der Waals surface area contributed by atoms with Gasteiger partial charge in [0.2, 0.25) is 5.89 Å². The van der Waals surface area contributed by atoms with Crippen molar-refractivity contribution in [2.45, 2.75) is 6.92 Å². The number of anilines is 1. The highest BCUT2D eigenvalue weighted by molar-refractivity contribution is 5.54. The first kappa shape index (κ1) is 11.2. The van der Waals surface area contributed by atoms with Crippen LogP contribution in [0, 0.1) is 6.92 Å². The molecule has 5 heteroatoms. The van der Waals surface area contributed by atoms with Gasteiger partial charge >= 0.3 is 6.01 Å². The highest BCUT2D eigenvalue weighted by Crippen LogP contribution is 2.22. The van der Waals surface area contributed by atoms with Gasteiger partial charge < -0.3 is 14.1 Å². The van der Waals surface area contributed by atoms with Crippen molar-refractivity contribution in [1.29, 1.82) is 0 Å². The molecule has 18 heavy (non-hydrogen) atoms. The molecule has 94 valence electrons. The first-order valence-corrected chi connectivity index (χ1v) is 6.06. The van der Waals surface area contributed by atoms with E-state index >= 15 is 0 Å². The zero-order valence-electron chi connectivity index (χ0n) is 10.3. The SMILES string of the molecule is Cc1ccc(-c2nnc(N3CCOCC3)o2)cc1. The smallest absolute Gasteiger partial charge is 0.318 e. The van der Waals surface area contributed by atoms with E-state index in [1.807, 2.05) is 29.2 Å². The highest BCUT2D eigenvalue weighted by Gasteiger charge is 2.17. The fourth-order valence-corrected chi connectivity index (χ4v) is 1.91. The Hall–Kier alpha value is -1.88. The molecule has 0 atom stereocenters. The standard InChI is InChI=1S/C13H15N3O2/c1-10-2-4-11(5-3-10)12-14-15-13(18-12)16-6-8-17-9-7-16/h2-5H,6-9H2,1H3. The van der Waals surface area contributed by atoms with E-state index in [1.54, 1.807) is 0 Å². The van der Waals surface area contributed by atoms with Crippen molar-refractivity contribution >= 4 is 6.01 Å². The van der Waals surface area contributed by atoms with Gasteiger partial charge in [-0.25, -0.2) is 0 Å². The molecule has 0 bridgehead atoms. The number of aromatic nitrogens is 2. The van der Waals surface area contributed by atoms with Gasteiger partial charge in [0.1, 0.15) is 0 Å². The molecular weight excluding hydrogens is 230 g/mol. The van der Waals surface area contributed by atoms with Crippen molar-refractivity contribution in [1.82, 2.24) is 10.2 Å². The minimum atomic E-state index is 0.566. The lowest BCUT2D eigenvalue weighted by molar-refractivity contribution is 0.120. The van der Waals surface area contributed by atoms with E-state index in [4.69, 9.17) is 9.15 Å². The van der Waals surface area contributed by atoms with E-state index in [9.17, 15) is 0 Å². The second-order valence-electron chi connectivity index (χ2n) is 4.36. The molecule has 0 saturated carbocycles. The molecule has 0 unspecified atom stereocenters. The number of nitrogens with zero attached hydrogens (tertiary/aromatic N) is 3. The number of ether oxygens (including phenoxy) is 1. The Morgan fingerprint density at radius 1 is 1.06 bits per heavy atom. The zero-order valence-corrected chi connectivity index (χ0v) is 10.3. The fraction of sp³-hybridized carbons (Fsp3) is 0.385. The van der Waals surface area contributed by atoms with Crippen LogP contribution in [-0.2, 0) is 4.74 Å². The Balaban J connectivity index is 1.82. The Bertz CT molecular complexity index is 515. The van der Waals surface area contributed by atoms with E-state index in [0.29, 0.717) is 25.1 Å². The van der Waals surface area contributed by atoms with Crippen molar-refractivity contribution in [3.63, 3.8) is 0 Å². The van der Waals surface area contributed by atoms with Crippen LogP contribution in [0.15, 0.2) is 28.7 Å². The number of aryl methyl sites for hydroxylation is 1. The summed E-state index contributed by atoms with van der Waals surface area (Å²) in [6, 6.07) is 8.63. The Morgan fingerprint density at radius 3 is 2.50 bits per heavy atom. The van der Waals surface area contributed by atoms with Gasteiger partial charge in [0.05, 0.1) is 13.2 Å². The number of hydrogen-bond donors (Lipinski definition) is 0. The molecule has 1 aromatic heterocycles. The van der Waals surface area contributed by atoms with Crippen LogP contribution in [0.1, 0.15) is 5.56 Å². The summed E-state index contributed by atoms with van der Waals surface area (Å²) in [4.78, 5) is 2.05. The Kier molecular flexibility index (Phi) is 2.98. The van der Waals surface area contributed by atoms with Gasteiger partial charge in [-0.05, 0) is 19.1 Å². The van der Waals surface area contributed by atoms with Crippen LogP contribution in [0.25, 0.3) is 11.5 Å². The summed E-state index contributed by atoms with van der Waals surface area (Å²) in [5, 5.41) is 8.18. The number of morpholine rings is 1. The molecule has 0 amide bonds. The molecule has 2 heterocycles. The molecule has 1 fully saturated rings. The molecule has 3 rings (SSSR count). The Morgan fingerprint density at radius 2 is 1.78 bits per heavy atom. The lowest BCUT2D eigenvalue weighted by Crippen LogP contribution is -2.36. The summed E-state index contributed by atoms with van der Waals surface area (Å²) in [7, 11) is 0. The van der Waals surface area contributed by atoms with Crippen molar-refractivity contribution in [3.8, 4) is 11.5 Å². The van der Waals surface area contributed by atoms with E-state index in [0.717, 1.165) is 18.7 Å². The molecule has 1 aliphatic rings. The van der Waals surface area contributed by atoms with Crippen LogP contribution in [0.3, 0.4) is 0 Å². The van der Waals surface area contributed by atoms with Crippen molar-refractivity contribution < 1.29 is 9.15 Å². The lowest BCUT2D eigenvalue weighted by atomic mass is 10.1. The van der Waals surface area contributed by atoms with E-state index in [1.165, 1.54) is 5.56 Å². The predicted octanol–water partition coefficient (Wildman–Crippen LogP) is 1.88.